The molecule has 0 aromatic heterocycles. The Bertz CT molecular complexity index is 231. The van der Waals surface area contributed by atoms with Gasteiger partial charge in [0.05, 0.1) is 6.61 Å². The molecule has 0 spiro atoms. The van der Waals surface area contributed by atoms with E-state index in [4.69, 9.17) is 4.74 Å². The van der Waals surface area contributed by atoms with Gasteiger partial charge in [-0.1, -0.05) is 45.1 Å². The van der Waals surface area contributed by atoms with E-state index in [1.165, 1.54) is 0 Å². The van der Waals surface area contributed by atoms with Crippen LogP contribution >= 0.6 is 0 Å². The third-order valence-corrected chi connectivity index (χ3v) is 2.69. The van der Waals surface area contributed by atoms with Gasteiger partial charge in [-0.25, -0.2) is 0 Å². The lowest BCUT2D eigenvalue weighted by molar-refractivity contribution is 0.0882. The Kier molecular flexibility index (Phi) is 5.78. The molecule has 2 nitrogen and oxygen atoms in total. The lowest BCUT2D eigenvalue weighted by Gasteiger charge is -2.26. The zero-order valence-electron chi connectivity index (χ0n) is 10.8. The van der Waals surface area contributed by atoms with Gasteiger partial charge < -0.3 is 10.1 Å². The number of hydrogen-bond donors (Lipinski definition) is 1. The quantitative estimate of drug-likeness (QED) is 0.639. The molecule has 0 unspecified atom stereocenters. The number of nitrogens with one attached hydrogen (secondary N) is 1. The second-order valence-electron chi connectivity index (χ2n) is 5.03. The highest BCUT2D eigenvalue weighted by molar-refractivity contribution is 5.25. The monoisotopic (exact) mass is 223 g/mol. The fourth-order valence-electron chi connectivity index (χ4n) is 1.82. The van der Waals surface area contributed by atoms with Gasteiger partial charge >= 0.3 is 0 Å². The maximum Gasteiger partial charge on any atom is 0.0604 e. The van der Waals surface area contributed by atoms with Crippen LogP contribution in [0.15, 0.2) is 24.3 Å². The fraction of sp³-hybridized carbons (Fsp3) is 0.714. The standard InChI is InChI=1S/C14H25NO/c1-4-9-16-12-14(7-5-6-8-14)11-15-10-13(2)3/h5-8,13,15H,4,9-12H2,1-3H3. The number of hydrogen-bond acceptors (Lipinski definition) is 2. The van der Waals surface area contributed by atoms with Gasteiger partial charge in [0.25, 0.3) is 0 Å². The largest absolute Gasteiger partial charge is 0.380 e. The van der Waals surface area contributed by atoms with Crippen molar-refractivity contribution >= 4 is 0 Å². The summed E-state index contributed by atoms with van der Waals surface area (Å²) in [6.07, 6.45) is 9.81. The highest BCUT2D eigenvalue weighted by Gasteiger charge is 2.25. The molecule has 0 atom stereocenters. The molecular formula is C14H25NO. The first kappa shape index (κ1) is 13.5. The molecular weight excluding hydrogens is 198 g/mol. The third-order valence-electron chi connectivity index (χ3n) is 2.69. The van der Waals surface area contributed by atoms with E-state index in [0.717, 1.165) is 32.7 Å². The van der Waals surface area contributed by atoms with Crippen molar-refractivity contribution in [3.8, 4) is 0 Å². The Hall–Kier alpha value is -0.600. The molecule has 1 aliphatic carbocycles. The van der Waals surface area contributed by atoms with Crippen LogP contribution in [-0.4, -0.2) is 26.3 Å². The first-order chi connectivity index (χ1) is 7.68. The first-order valence-corrected chi connectivity index (χ1v) is 6.34. The van der Waals surface area contributed by atoms with Crippen LogP contribution in [0.5, 0.6) is 0 Å². The predicted octanol–water partition coefficient (Wildman–Crippen LogP) is 2.77. The van der Waals surface area contributed by atoms with Crippen LogP contribution in [0, 0.1) is 11.3 Å². The van der Waals surface area contributed by atoms with E-state index in [-0.39, 0.29) is 5.41 Å². The molecule has 92 valence electrons. The minimum atomic E-state index is 0.0874. The summed E-state index contributed by atoms with van der Waals surface area (Å²) in [4.78, 5) is 0. The van der Waals surface area contributed by atoms with Crippen LogP contribution in [-0.2, 0) is 4.74 Å². The van der Waals surface area contributed by atoms with Gasteiger partial charge in [0.15, 0.2) is 0 Å². The molecule has 0 fully saturated rings. The molecule has 0 saturated heterocycles. The second-order valence-corrected chi connectivity index (χ2v) is 5.03. The Morgan fingerprint density at radius 1 is 1.25 bits per heavy atom. The molecule has 0 heterocycles. The minimum absolute atomic E-state index is 0.0874. The minimum Gasteiger partial charge on any atom is -0.380 e. The maximum atomic E-state index is 5.69. The summed E-state index contributed by atoms with van der Waals surface area (Å²) in [7, 11) is 0. The van der Waals surface area contributed by atoms with Crippen molar-refractivity contribution < 1.29 is 4.74 Å². The lowest BCUT2D eigenvalue weighted by Crippen LogP contribution is -2.36. The Morgan fingerprint density at radius 3 is 2.50 bits per heavy atom. The molecule has 0 aliphatic heterocycles. The van der Waals surface area contributed by atoms with Crippen molar-refractivity contribution in [2.75, 3.05) is 26.3 Å². The predicted molar refractivity (Wildman–Crippen MR) is 69.5 cm³/mol. The van der Waals surface area contributed by atoms with Gasteiger partial charge in [-0.3, -0.25) is 0 Å². The SMILES string of the molecule is CCCOCC1(CNCC(C)C)C=CC=C1. The summed E-state index contributed by atoms with van der Waals surface area (Å²) in [6, 6.07) is 0. The van der Waals surface area contributed by atoms with Gasteiger partial charge in [-0.15, -0.1) is 0 Å². The van der Waals surface area contributed by atoms with E-state index in [9.17, 15) is 0 Å². The molecule has 0 radical (unpaired) electrons. The number of rotatable bonds is 8. The van der Waals surface area contributed by atoms with E-state index < -0.39 is 0 Å². The number of allylic oxidation sites excluding steroid dienone is 2. The van der Waals surface area contributed by atoms with Crippen molar-refractivity contribution in [2.45, 2.75) is 27.2 Å². The average molecular weight is 223 g/mol. The second kappa shape index (κ2) is 6.87. The van der Waals surface area contributed by atoms with Crippen molar-refractivity contribution in [1.82, 2.24) is 5.32 Å². The summed E-state index contributed by atoms with van der Waals surface area (Å²) in [5, 5.41) is 3.51. The van der Waals surface area contributed by atoms with E-state index >= 15 is 0 Å². The highest BCUT2D eigenvalue weighted by Crippen LogP contribution is 2.25. The van der Waals surface area contributed by atoms with Crippen molar-refractivity contribution in [3.05, 3.63) is 24.3 Å². The summed E-state index contributed by atoms with van der Waals surface area (Å²) >= 11 is 0. The smallest absolute Gasteiger partial charge is 0.0604 e. The Balaban J connectivity index is 2.34. The van der Waals surface area contributed by atoms with Crippen LogP contribution in [0.25, 0.3) is 0 Å². The molecule has 1 N–H and O–H groups in total. The summed E-state index contributed by atoms with van der Waals surface area (Å²) < 4.78 is 5.69. The van der Waals surface area contributed by atoms with E-state index in [0.29, 0.717) is 5.92 Å². The van der Waals surface area contributed by atoms with E-state index in [2.05, 4.69) is 50.4 Å². The molecule has 2 heteroatoms. The lowest BCUT2D eigenvalue weighted by atomic mass is 9.91. The summed E-state index contributed by atoms with van der Waals surface area (Å²) in [6.45, 7) is 10.3. The van der Waals surface area contributed by atoms with Crippen LogP contribution in [0.2, 0.25) is 0 Å². The van der Waals surface area contributed by atoms with Gasteiger partial charge in [0, 0.05) is 18.6 Å². The fourth-order valence-corrected chi connectivity index (χ4v) is 1.82. The Labute approximate surface area is 99.8 Å². The molecule has 1 rings (SSSR count). The van der Waals surface area contributed by atoms with Gasteiger partial charge in [-0.2, -0.15) is 0 Å². The van der Waals surface area contributed by atoms with Crippen molar-refractivity contribution in [1.29, 1.82) is 0 Å². The average Bonchev–Trinajstić information content (AvgIpc) is 2.67. The molecule has 0 aromatic rings. The maximum absolute atomic E-state index is 5.69. The molecule has 0 saturated carbocycles. The molecule has 0 amide bonds. The normalized spacial score (nSPS) is 17.5. The van der Waals surface area contributed by atoms with Crippen molar-refractivity contribution in [3.63, 3.8) is 0 Å². The molecule has 16 heavy (non-hydrogen) atoms. The van der Waals surface area contributed by atoms with E-state index in [1.54, 1.807) is 0 Å². The molecule has 1 aliphatic rings. The van der Waals surface area contributed by atoms with E-state index in [1.807, 2.05) is 0 Å². The summed E-state index contributed by atoms with van der Waals surface area (Å²) in [5.74, 6) is 0.697. The van der Waals surface area contributed by atoms with Crippen LogP contribution in [0.4, 0.5) is 0 Å². The molecule has 0 bridgehead atoms. The van der Waals surface area contributed by atoms with Crippen LogP contribution in [0.1, 0.15) is 27.2 Å². The highest BCUT2D eigenvalue weighted by atomic mass is 16.5. The summed E-state index contributed by atoms with van der Waals surface area (Å²) in [5.41, 5.74) is 0.0874. The zero-order chi connectivity index (χ0) is 11.9. The first-order valence-electron chi connectivity index (χ1n) is 6.34. The van der Waals surface area contributed by atoms with Crippen LogP contribution in [0.3, 0.4) is 0 Å². The topological polar surface area (TPSA) is 21.3 Å². The number of ether oxygens (including phenoxy) is 1. The van der Waals surface area contributed by atoms with Crippen LogP contribution < -0.4 is 5.32 Å². The third kappa shape index (κ3) is 4.50. The van der Waals surface area contributed by atoms with Gasteiger partial charge in [-0.05, 0) is 18.9 Å². The van der Waals surface area contributed by atoms with Gasteiger partial charge in [0.2, 0.25) is 0 Å². The van der Waals surface area contributed by atoms with Crippen molar-refractivity contribution in [2.24, 2.45) is 11.3 Å². The van der Waals surface area contributed by atoms with Gasteiger partial charge in [0.1, 0.15) is 0 Å². The Morgan fingerprint density at radius 2 is 1.94 bits per heavy atom. The zero-order valence-corrected chi connectivity index (χ0v) is 10.8. The molecule has 0 aromatic carbocycles.